The molecule has 0 heterocycles. The van der Waals surface area contributed by atoms with Crippen molar-refractivity contribution in [2.24, 2.45) is 0 Å². The van der Waals surface area contributed by atoms with Crippen molar-refractivity contribution in [1.82, 2.24) is 4.72 Å². The summed E-state index contributed by atoms with van der Waals surface area (Å²) in [5, 5.41) is 11.0. The molecule has 6 nitrogen and oxygen atoms in total. The van der Waals surface area contributed by atoms with E-state index in [-0.39, 0.29) is 22.8 Å². The highest BCUT2D eigenvalue weighted by molar-refractivity contribution is 9.10. The topological polar surface area (TPSA) is 89.3 Å². The monoisotopic (exact) mass is 342 g/mol. The number of nitrogens with zero attached hydrogens (tertiary/aromatic N) is 1. The van der Waals surface area contributed by atoms with Gasteiger partial charge < -0.3 is 0 Å². The van der Waals surface area contributed by atoms with Crippen LogP contribution >= 0.6 is 27.5 Å². The van der Waals surface area contributed by atoms with Crippen molar-refractivity contribution in [1.29, 1.82) is 0 Å². The van der Waals surface area contributed by atoms with Crippen molar-refractivity contribution in [3.05, 3.63) is 37.3 Å². The minimum atomic E-state index is -3.41. The Labute approximate surface area is 111 Å². The number of rotatable bonds is 4. The highest BCUT2D eigenvalue weighted by Crippen LogP contribution is 2.30. The number of hydrogen-bond acceptors (Lipinski definition) is 4. The third-order valence-electron chi connectivity index (χ3n) is 1.84. The zero-order valence-electron chi connectivity index (χ0n) is 8.61. The molecule has 1 aromatic rings. The Balaban J connectivity index is 3.13. The first-order valence-corrected chi connectivity index (χ1v) is 7.34. The highest BCUT2D eigenvalue weighted by Gasteiger charge is 2.17. The minimum absolute atomic E-state index is 0.162. The fourth-order valence-electron chi connectivity index (χ4n) is 1.10. The lowest BCUT2D eigenvalue weighted by Crippen LogP contribution is -2.21. The smallest absolute Gasteiger partial charge is 0.258 e. The molecular formula is C8H8BrClN2O4S. The number of benzene rings is 1. The molecule has 0 atom stereocenters. The Morgan fingerprint density at radius 2 is 2.12 bits per heavy atom. The Morgan fingerprint density at radius 3 is 2.59 bits per heavy atom. The van der Waals surface area contributed by atoms with Gasteiger partial charge in [0.15, 0.2) is 0 Å². The molecule has 0 aliphatic carbocycles. The minimum Gasteiger partial charge on any atom is -0.258 e. The predicted octanol–water partition coefficient (Wildman–Crippen LogP) is 2.06. The SMILES string of the molecule is CS(=O)(=O)NCc1cc(Br)c(Cl)cc1[N+](=O)[O-]. The largest absolute Gasteiger partial charge is 0.275 e. The summed E-state index contributed by atoms with van der Waals surface area (Å²) < 4.78 is 24.5. The Hall–Kier alpha value is -0.700. The van der Waals surface area contributed by atoms with Crippen LogP contribution < -0.4 is 4.72 Å². The maximum absolute atomic E-state index is 10.9. The van der Waals surface area contributed by atoms with Crippen LogP contribution in [0, 0.1) is 10.1 Å². The standard InChI is InChI=1S/C8H8BrClN2O4S/c1-17(15,16)11-4-5-2-6(9)7(10)3-8(5)12(13)14/h2-3,11H,4H2,1H3. The van der Waals surface area contributed by atoms with E-state index in [9.17, 15) is 18.5 Å². The fourth-order valence-corrected chi connectivity index (χ4v) is 2.06. The van der Waals surface area contributed by atoms with Gasteiger partial charge in [-0.05, 0) is 22.0 Å². The maximum atomic E-state index is 10.9. The second-order valence-electron chi connectivity index (χ2n) is 3.25. The van der Waals surface area contributed by atoms with Crippen LogP contribution in [-0.4, -0.2) is 19.6 Å². The third-order valence-corrected chi connectivity index (χ3v) is 3.71. The molecule has 0 saturated heterocycles. The van der Waals surface area contributed by atoms with Gasteiger partial charge in [0.05, 0.1) is 16.2 Å². The fraction of sp³-hybridized carbons (Fsp3) is 0.250. The first kappa shape index (κ1) is 14.4. The van der Waals surface area contributed by atoms with E-state index < -0.39 is 14.9 Å². The molecule has 0 saturated carbocycles. The number of nitro benzene ring substituents is 1. The average molecular weight is 344 g/mol. The molecule has 0 spiro atoms. The van der Waals surface area contributed by atoms with Gasteiger partial charge in [0.1, 0.15) is 0 Å². The molecule has 0 aliphatic rings. The summed E-state index contributed by atoms with van der Waals surface area (Å²) in [5.41, 5.74) is 0.00560. The average Bonchev–Trinajstić information content (AvgIpc) is 2.17. The molecule has 94 valence electrons. The van der Waals surface area contributed by atoms with Gasteiger partial charge in [0.2, 0.25) is 10.0 Å². The van der Waals surface area contributed by atoms with Gasteiger partial charge in [-0.2, -0.15) is 0 Å². The van der Waals surface area contributed by atoms with Gasteiger partial charge in [-0.1, -0.05) is 11.6 Å². The molecule has 0 bridgehead atoms. The van der Waals surface area contributed by atoms with Crippen LogP contribution in [0.4, 0.5) is 5.69 Å². The molecule has 0 amide bonds. The van der Waals surface area contributed by atoms with E-state index in [1.807, 2.05) is 0 Å². The van der Waals surface area contributed by atoms with E-state index >= 15 is 0 Å². The zero-order chi connectivity index (χ0) is 13.2. The number of nitrogens with one attached hydrogen (secondary N) is 1. The number of hydrogen-bond donors (Lipinski definition) is 1. The van der Waals surface area contributed by atoms with Crippen LogP contribution in [0.5, 0.6) is 0 Å². The lowest BCUT2D eigenvalue weighted by atomic mass is 10.2. The third kappa shape index (κ3) is 4.23. The summed E-state index contributed by atoms with van der Waals surface area (Å²) in [5.74, 6) is 0. The van der Waals surface area contributed by atoms with Gasteiger partial charge in [-0.3, -0.25) is 10.1 Å². The zero-order valence-corrected chi connectivity index (χ0v) is 11.8. The van der Waals surface area contributed by atoms with Crippen molar-refractivity contribution < 1.29 is 13.3 Å². The van der Waals surface area contributed by atoms with E-state index in [2.05, 4.69) is 20.7 Å². The summed E-state index contributed by atoms with van der Waals surface area (Å²) in [7, 11) is -3.41. The molecule has 0 aromatic heterocycles. The lowest BCUT2D eigenvalue weighted by Gasteiger charge is -2.05. The van der Waals surface area contributed by atoms with Gasteiger partial charge in [-0.25, -0.2) is 13.1 Å². The molecule has 9 heteroatoms. The summed E-state index contributed by atoms with van der Waals surface area (Å²) in [6, 6.07) is 2.59. The predicted molar refractivity (Wildman–Crippen MR) is 67.5 cm³/mol. The molecule has 0 unspecified atom stereocenters. The van der Waals surface area contributed by atoms with Crippen molar-refractivity contribution in [3.63, 3.8) is 0 Å². The number of sulfonamides is 1. The molecule has 1 N–H and O–H groups in total. The van der Waals surface area contributed by atoms with E-state index in [1.54, 1.807) is 0 Å². The quantitative estimate of drug-likeness (QED) is 0.669. The van der Waals surface area contributed by atoms with Crippen molar-refractivity contribution in [2.75, 3.05) is 6.26 Å². The van der Waals surface area contributed by atoms with Gasteiger partial charge in [0, 0.05) is 22.6 Å². The van der Waals surface area contributed by atoms with Gasteiger partial charge in [0.25, 0.3) is 5.69 Å². The number of nitro groups is 1. The molecule has 1 aromatic carbocycles. The van der Waals surface area contributed by atoms with Crippen LogP contribution in [0.3, 0.4) is 0 Å². The molecule has 17 heavy (non-hydrogen) atoms. The Bertz CT molecular complexity index is 561. The van der Waals surface area contributed by atoms with Crippen molar-refractivity contribution in [3.8, 4) is 0 Å². The van der Waals surface area contributed by atoms with E-state index in [4.69, 9.17) is 11.6 Å². The summed E-state index contributed by atoms with van der Waals surface area (Å²) in [6.45, 7) is -0.162. The second-order valence-corrected chi connectivity index (χ2v) is 6.34. The first-order chi connectivity index (χ1) is 7.70. The van der Waals surface area contributed by atoms with Gasteiger partial charge in [-0.15, -0.1) is 0 Å². The first-order valence-electron chi connectivity index (χ1n) is 4.27. The number of halogens is 2. The van der Waals surface area contributed by atoms with Crippen LogP contribution in [0.2, 0.25) is 5.02 Å². The molecule has 0 radical (unpaired) electrons. The van der Waals surface area contributed by atoms with E-state index in [0.717, 1.165) is 6.26 Å². The van der Waals surface area contributed by atoms with Crippen LogP contribution in [-0.2, 0) is 16.6 Å². The Morgan fingerprint density at radius 1 is 1.53 bits per heavy atom. The lowest BCUT2D eigenvalue weighted by molar-refractivity contribution is -0.385. The maximum Gasteiger partial charge on any atom is 0.275 e. The summed E-state index contributed by atoms with van der Waals surface area (Å²) in [6.07, 6.45) is 0.976. The summed E-state index contributed by atoms with van der Waals surface area (Å²) in [4.78, 5) is 10.2. The van der Waals surface area contributed by atoms with Crippen molar-refractivity contribution in [2.45, 2.75) is 6.54 Å². The molecule has 0 aliphatic heterocycles. The molecule has 0 fully saturated rings. The molecular weight excluding hydrogens is 336 g/mol. The second kappa shape index (κ2) is 5.30. The summed E-state index contributed by atoms with van der Waals surface area (Å²) >= 11 is 8.85. The van der Waals surface area contributed by atoms with Crippen molar-refractivity contribution >= 4 is 43.2 Å². The van der Waals surface area contributed by atoms with E-state index in [0.29, 0.717) is 4.47 Å². The van der Waals surface area contributed by atoms with Crippen LogP contribution in [0.1, 0.15) is 5.56 Å². The van der Waals surface area contributed by atoms with E-state index in [1.165, 1.54) is 12.1 Å². The Kier molecular flexibility index (Phi) is 4.48. The van der Waals surface area contributed by atoms with Gasteiger partial charge >= 0.3 is 0 Å². The molecule has 1 rings (SSSR count). The normalized spacial score (nSPS) is 11.5. The van der Waals surface area contributed by atoms with Crippen LogP contribution in [0.15, 0.2) is 16.6 Å². The van der Waals surface area contributed by atoms with Crippen LogP contribution in [0.25, 0.3) is 0 Å². The highest BCUT2D eigenvalue weighted by atomic mass is 79.9.